The van der Waals surface area contributed by atoms with Crippen molar-refractivity contribution < 1.29 is 9.53 Å². The zero-order valence-electron chi connectivity index (χ0n) is 10.6. The lowest BCUT2D eigenvalue weighted by Gasteiger charge is -2.32. The normalized spacial score (nSPS) is 19.9. The molecule has 0 N–H and O–H groups in total. The quantitative estimate of drug-likeness (QED) is 0.849. The van der Waals surface area contributed by atoms with Gasteiger partial charge in [0.1, 0.15) is 0 Å². The second-order valence-electron chi connectivity index (χ2n) is 4.68. The number of methoxy groups -OCH3 is 1. The highest BCUT2D eigenvalue weighted by molar-refractivity contribution is 7.80. The number of thiol groups is 1. The average molecular weight is 265 g/mol. The standard InChI is InChI=1S/C14H19NO2S/c1-17-12-3-2-8-15(10-12)14(16)9-11-4-6-13(18)7-5-11/h4-7,12,18H,2-3,8-10H2,1H3. The molecule has 0 aromatic heterocycles. The number of ether oxygens (including phenoxy) is 1. The molecule has 1 saturated heterocycles. The monoisotopic (exact) mass is 265 g/mol. The lowest BCUT2D eigenvalue weighted by atomic mass is 10.1. The second-order valence-corrected chi connectivity index (χ2v) is 5.20. The van der Waals surface area contributed by atoms with E-state index in [2.05, 4.69) is 12.6 Å². The van der Waals surface area contributed by atoms with Gasteiger partial charge in [-0.1, -0.05) is 12.1 Å². The van der Waals surface area contributed by atoms with Gasteiger partial charge in [-0.3, -0.25) is 4.79 Å². The van der Waals surface area contributed by atoms with E-state index in [0.29, 0.717) is 6.42 Å². The van der Waals surface area contributed by atoms with Crippen LogP contribution in [0.1, 0.15) is 18.4 Å². The fraction of sp³-hybridized carbons (Fsp3) is 0.500. The SMILES string of the molecule is COC1CCCN(C(=O)Cc2ccc(S)cc2)C1. The maximum Gasteiger partial charge on any atom is 0.227 e. The molecule has 1 aliphatic rings. The molecule has 3 nitrogen and oxygen atoms in total. The van der Waals surface area contributed by atoms with Crippen molar-refractivity contribution in [3.63, 3.8) is 0 Å². The Hall–Kier alpha value is -1.00. The van der Waals surface area contributed by atoms with Crippen LogP contribution in [0.3, 0.4) is 0 Å². The third kappa shape index (κ3) is 3.50. The van der Waals surface area contributed by atoms with Gasteiger partial charge in [-0.05, 0) is 30.5 Å². The van der Waals surface area contributed by atoms with Crippen LogP contribution < -0.4 is 0 Å². The van der Waals surface area contributed by atoms with Crippen LogP contribution in [0, 0.1) is 0 Å². The summed E-state index contributed by atoms with van der Waals surface area (Å²) in [6.45, 7) is 1.57. The van der Waals surface area contributed by atoms with E-state index in [1.54, 1.807) is 7.11 Å². The number of amides is 1. The number of nitrogens with zero attached hydrogens (tertiary/aromatic N) is 1. The van der Waals surface area contributed by atoms with E-state index in [-0.39, 0.29) is 12.0 Å². The van der Waals surface area contributed by atoms with E-state index in [0.717, 1.165) is 36.4 Å². The molecular weight excluding hydrogens is 246 g/mol. The fourth-order valence-electron chi connectivity index (χ4n) is 2.26. The first-order valence-electron chi connectivity index (χ1n) is 6.27. The second kappa shape index (κ2) is 6.25. The van der Waals surface area contributed by atoms with E-state index in [9.17, 15) is 4.79 Å². The summed E-state index contributed by atoms with van der Waals surface area (Å²) in [5.74, 6) is 0.184. The summed E-state index contributed by atoms with van der Waals surface area (Å²) in [4.78, 5) is 15.0. The van der Waals surface area contributed by atoms with E-state index in [1.807, 2.05) is 29.2 Å². The number of hydrogen-bond donors (Lipinski definition) is 1. The molecule has 0 saturated carbocycles. The minimum Gasteiger partial charge on any atom is -0.380 e. The van der Waals surface area contributed by atoms with Gasteiger partial charge in [0, 0.05) is 25.1 Å². The molecule has 1 aromatic rings. The molecule has 0 bridgehead atoms. The first-order chi connectivity index (χ1) is 8.69. The molecule has 1 atom stereocenters. The molecule has 1 heterocycles. The molecular formula is C14H19NO2S. The molecule has 1 aromatic carbocycles. The predicted molar refractivity (Wildman–Crippen MR) is 74.0 cm³/mol. The van der Waals surface area contributed by atoms with Gasteiger partial charge in [0.25, 0.3) is 0 Å². The van der Waals surface area contributed by atoms with Gasteiger partial charge in [0.2, 0.25) is 5.91 Å². The molecule has 1 fully saturated rings. The molecule has 18 heavy (non-hydrogen) atoms. The highest BCUT2D eigenvalue weighted by Gasteiger charge is 2.23. The molecule has 4 heteroatoms. The van der Waals surface area contributed by atoms with Gasteiger partial charge in [-0.25, -0.2) is 0 Å². The Morgan fingerprint density at radius 1 is 1.44 bits per heavy atom. The lowest BCUT2D eigenvalue weighted by Crippen LogP contribution is -2.43. The van der Waals surface area contributed by atoms with E-state index in [4.69, 9.17) is 4.74 Å². The summed E-state index contributed by atoms with van der Waals surface area (Å²) in [6.07, 6.45) is 2.74. The zero-order valence-corrected chi connectivity index (χ0v) is 11.5. The Kier molecular flexibility index (Phi) is 4.66. The van der Waals surface area contributed by atoms with E-state index < -0.39 is 0 Å². The van der Waals surface area contributed by atoms with Crippen LogP contribution >= 0.6 is 12.6 Å². The minimum atomic E-state index is 0.184. The summed E-state index contributed by atoms with van der Waals surface area (Å²) in [7, 11) is 1.71. The summed E-state index contributed by atoms with van der Waals surface area (Å²) in [5, 5.41) is 0. The van der Waals surface area contributed by atoms with Gasteiger partial charge in [-0.15, -0.1) is 12.6 Å². The molecule has 1 unspecified atom stereocenters. The van der Waals surface area contributed by atoms with E-state index in [1.165, 1.54) is 0 Å². The van der Waals surface area contributed by atoms with Crippen molar-refractivity contribution in [1.82, 2.24) is 4.90 Å². The number of rotatable bonds is 3. The largest absolute Gasteiger partial charge is 0.380 e. The number of benzene rings is 1. The maximum absolute atomic E-state index is 12.2. The summed E-state index contributed by atoms with van der Waals surface area (Å²) in [5.41, 5.74) is 1.04. The molecule has 98 valence electrons. The van der Waals surface area contributed by atoms with E-state index >= 15 is 0 Å². The van der Waals surface area contributed by atoms with Crippen molar-refractivity contribution in [2.75, 3.05) is 20.2 Å². The molecule has 0 radical (unpaired) electrons. The highest BCUT2D eigenvalue weighted by Crippen LogP contribution is 2.15. The number of piperidine rings is 1. The average Bonchev–Trinajstić information content (AvgIpc) is 2.41. The van der Waals surface area contributed by atoms with Crippen LogP contribution in [0.4, 0.5) is 0 Å². The summed E-state index contributed by atoms with van der Waals surface area (Å²) in [6, 6.07) is 7.75. The Morgan fingerprint density at radius 3 is 2.83 bits per heavy atom. The third-order valence-electron chi connectivity index (χ3n) is 3.36. The highest BCUT2D eigenvalue weighted by atomic mass is 32.1. The number of likely N-dealkylation sites (tertiary alicyclic amines) is 1. The van der Waals surface area contributed by atoms with Crippen molar-refractivity contribution in [3.05, 3.63) is 29.8 Å². The Bertz CT molecular complexity index is 405. The zero-order chi connectivity index (χ0) is 13.0. The predicted octanol–water partition coefficient (Wildman–Crippen LogP) is 2.16. The molecule has 1 amide bonds. The van der Waals surface area contributed by atoms with Crippen LogP contribution in [-0.4, -0.2) is 37.1 Å². The number of hydrogen-bond acceptors (Lipinski definition) is 3. The smallest absolute Gasteiger partial charge is 0.227 e. The Balaban J connectivity index is 1.93. The van der Waals surface area contributed by atoms with Crippen LogP contribution in [0.25, 0.3) is 0 Å². The molecule has 0 spiro atoms. The Morgan fingerprint density at radius 2 is 2.17 bits per heavy atom. The van der Waals surface area contributed by atoms with Crippen molar-refractivity contribution in [3.8, 4) is 0 Å². The fourth-order valence-corrected chi connectivity index (χ4v) is 2.41. The summed E-state index contributed by atoms with van der Waals surface area (Å²) >= 11 is 4.24. The van der Waals surface area contributed by atoms with Crippen LogP contribution in [-0.2, 0) is 16.0 Å². The van der Waals surface area contributed by atoms with Gasteiger partial charge >= 0.3 is 0 Å². The van der Waals surface area contributed by atoms with Crippen molar-refractivity contribution in [1.29, 1.82) is 0 Å². The number of carbonyl (C=O) groups is 1. The van der Waals surface area contributed by atoms with Gasteiger partial charge in [0.05, 0.1) is 12.5 Å². The van der Waals surface area contributed by atoms with Gasteiger partial charge < -0.3 is 9.64 Å². The molecule has 2 rings (SSSR count). The molecule has 1 aliphatic heterocycles. The number of carbonyl (C=O) groups excluding carboxylic acids is 1. The van der Waals surface area contributed by atoms with Gasteiger partial charge in [0.15, 0.2) is 0 Å². The maximum atomic E-state index is 12.2. The summed E-state index contributed by atoms with van der Waals surface area (Å²) < 4.78 is 5.33. The first-order valence-corrected chi connectivity index (χ1v) is 6.72. The van der Waals surface area contributed by atoms with Crippen LogP contribution in [0.15, 0.2) is 29.2 Å². The molecule has 0 aliphatic carbocycles. The minimum absolute atomic E-state index is 0.184. The third-order valence-corrected chi connectivity index (χ3v) is 3.65. The van der Waals surface area contributed by atoms with Crippen molar-refractivity contribution in [2.45, 2.75) is 30.3 Å². The Labute approximate surface area is 114 Å². The van der Waals surface area contributed by atoms with Crippen molar-refractivity contribution in [2.24, 2.45) is 0 Å². The first kappa shape index (κ1) is 13.4. The topological polar surface area (TPSA) is 29.5 Å². The van der Waals surface area contributed by atoms with Gasteiger partial charge in [-0.2, -0.15) is 0 Å². The van der Waals surface area contributed by atoms with Crippen LogP contribution in [0.2, 0.25) is 0 Å². The van der Waals surface area contributed by atoms with Crippen LogP contribution in [0.5, 0.6) is 0 Å². The lowest BCUT2D eigenvalue weighted by molar-refractivity contribution is -0.134. The van der Waals surface area contributed by atoms with Crippen molar-refractivity contribution >= 4 is 18.5 Å².